The molecule has 6 heteroatoms. The predicted molar refractivity (Wildman–Crippen MR) is 52.8 cm³/mol. The first-order chi connectivity index (χ1) is 4.68. The summed E-state index contributed by atoms with van der Waals surface area (Å²) in [6.07, 6.45) is 2.16. The van der Waals surface area contributed by atoms with Crippen LogP contribution in [0.2, 0.25) is 0 Å². The molecule has 64 valence electrons. The van der Waals surface area contributed by atoms with E-state index in [0.29, 0.717) is 13.0 Å². The van der Waals surface area contributed by atoms with E-state index in [1.807, 2.05) is 0 Å². The molecule has 4 nitrogen and oxygen atoms in total. The van der Waals surface area contributed by atoms with Gasteiger partial charge in [-0.05, 0) is 19.4 Å². The van der Waals surface area contributed by atoms with E-state index in [4.69, 9.17) is 16.6 Å². The molecule has 0 aliphatic heterocycles. The average Bonchev–Trinajstić information content (AvgIpc) is 1.88. The zero-order valence-electron chi connectivity index (χ0n) is 5.92. The summed E-state index contributed by atoms with van der Waals surface area (Å²) in [6.45, 7) is 0.604. The van der Waals surface area contributed by atoms with E-state index in [1.165, 1.54) is 0 Å². The first kappa shape index (κ1) is 19.0. The number of unbranched alkanes of at least 4 members (excludes halogenated alkanes) is 1. The van der Waals surface area contributed by atoms with Crippen molar-refractivity contribution in [2.45, 2.75) is 25.3 Å². The fourth-order valence-electron chi connectivity index (χ4n) is 0.632. The van der Waals surface area contributed by atoms with E-state index in [2.05, 4.69) is 0 Å². The second kappa shape index (κ2) is 12.4. The Morgan fingerprint density at radius 1 is 1.33 bits per heavy atom. The Bertz CT molecular complexity index is 114. The molecule has 0 aromatic heterocycles. The summed E-state index contributed by atoms with van der Waals surface area (Å²) in [5, 5.41) is 8.33. The average molecular weight is 194 g/mol. The fraction of sp³-hybridized carbons (Fsp3) is 0.833. The van der Waals surface area contributed by atoms with Crippen molar-refractivity contribution in [3.05, 3.63) is 0 Å². The fourth-order valence-corrected chi connectivity index (χ4v) is 0.632. The van der Waals surface area contributed by atoms with Crippen LogP contribution in [0.25, 0.3) is 0 Å². The number of aliphatic carboxylic acids is 1. The van der Waals surface area contributed by atoms with Crippen molar-refractivity contribution in [1.82, 2.24) is 0 Å². The van der Waals surface area contributed by atoms with Crippen molar-refractivity contribution >= 4 is 65.1 Å². The second-order valence-electron chi connectivity index (χ2n) is 2.23. The first-order valence-corrected chi connectivity index (χ1v) is 3.37. The van der Waals surface area contributed by atoms with Crippen LogP contribution in [0, 0.1) is 0 Å². The number of carboxylic acid groups (broad SMARTS) is 1. The molecule has 0 heterocycles. The molecule has 0 aliphatic carbocycles. The molecule has 0 aromatic carbocycles. The van der Waals surface area contributed by atoms with Crippen molar-refractivity contribution in [3.8, 4) is 0 Å². The van der Waals surface area contributed by atoms with Crippen LogP contribution in [0.1, 0.15) is 19.3 Å². The molecule has 0 aliphatic rings. The number of rotatable bonds is 5. The normalized spacial score (nSPS) is 10.8. The maximum atomic E-state index is 10.1. The third-order valence-electron chi connectivity index (χ3n) is 1.29. The summed E-state index contributed by atoms with van der Waals surface area (Å²) >= 11 is 0. The third-order valence-corrected chi connectivity index (χ3v) is 1.29. The third kappa shape index (κ3) is 11.4. The van der Waals surface area contributed by atoms with Crippen LogP contribution in [-0.2, 0) is 4.79 Å². The molecule has 12 heavy (non-hydrogen) atoms. The Labute approximate surface area is 117 Å². The number of hydrogen-bond acceptors (Lipinski definition) is 3. The molecule has 0 bridgehead atoms. The van der Waals surface area contributed by atoms with Gasteiger partial charge in [0.15, 0.2) is 0 Å². The van der Waals surface area contributed by atoms with Crippen LogP contribution in [0.5, 0.6) is 0 Å². The molecule has 0 fully saturated rings. The van der Waals surface area contributed by atoms with Crippen LogP contribution in [-0.4, -0.2) is 82.8 Å². The van der Waals surface area contributed by atoms with Gasteiger partial charge in [-0.3, -0.25) is 4.79 Å². The zero-order valence-corrected chi connectivity index (χ0v) is 5.92. The number of hydrogen-bond donors (Lipinski definition) is 3. The minimum atomic E-state index is -0.933. The summed E-state index contributed by atoms with van der Waals surface area (Å²) in [7, 11) is 0. The van der Waals surface area contributed by atoms with Gasteiger partial charge in [0.25, 0.3) is 0 Å². The zero-order chi connectivity index (χ0) is 7.98. The topological polar surface area (TPSA) is 89.3 Å². The molecule has 0 spiro atoms. The van der Waals surface area contributed by atoms with Crippen molar-refractivity contribution in [2.24, 2.45) is 11.5 Å². The molecule has 0 amide bonds. The van der Waals surface area contributed by atoms with Crippen LogP contribution >= 0.6 is 0 Å². The molecule has 0 saturated heterocycles. The monoisotopic (exact) mass is 194 g/mol. The van der Waals surface area contributed by atoms with Crippen LogP contribution in [0.3, 0.4) is 0 Å². The quantitative estimate of drug-likeness (QED) is 0.357. The molecule has 5 N–H and O–H groups in total. The molecule has 0 radical (unpaired) electrons. The SMILES string of the molecule is NCCCC[C@H](N)C(=O)O.[NaH].[NaH]. The summed E-state index contributed by atoms with van der Waals surface area (Å²) in [6, 6.07) is -0.716. The van der Waals surface area contributed by atoms with Crippen molar-refractivity contribution in [1.29, 1.82) is 0 Å². The molecular formula is C6H16N2Na2O2. The summed E-state index contributed by atoms with van der Waals surface area (Å²) in [4.78, 5) is 10.1. The van der Waals surface area contributed by atoms with Crippen molar-refractivity contribution < 1.29 is 9.90 Å². The van der Waals surface area contributed by atoms with Gasteiger partial charge in [0.05, 0.1) is 0 Å². The number of carboxylic acids is 1. The minimum absolute atomic E-state index is 0. The Hall–Kier alpha value is 1.39. The van der Waals surface area contributed by atoms with E-state index in [1.54, 1.807) is 0 Å². The summed E-state index contributed by atoms with van der Waals surface area (Å²) in [5.41, 5.74) is 10.4. The van der Waals surface area contributed by atoms with E-state index in [0.717, 1.165) is 12.8 Å². The molecule has 0 unspecified atom stereocenters. The van der Waals surface area contributed by atoms with Gasteiger partial charge in [-0.25, -0.2) is 0 Å². The first-order valence-electron chi connectivity index (χ1n) is 3.37. The van der Waals surface area contributed by atoms with Crippen LogP contribution in [0.4, 0.5) is 0 Å². The van der Waals surface area contributed by atoms with Gasteiger partial charge in [-0.1, -0.05) is 6.42 Å². The molecule has 0 rings (SSSR count). The predicted octanol–water partition coefficient (Wildman–Crippen LogP) is -1.77. The van der Waals surface area contributed by atoms with Gasteiger partial charge in [0.1, 0.15) is 6.04 Å². The number of nitrogens with two attached hydrogens (primary N) is 2. The molecule has 0 saturated carbocycles. The Morgan fingerprint density at radius 2 is 1.83 bits per heavy atom. The van der Waals surface area contributed by atoms with Crippen LogP contribution in [0.15, 0.2) is 0 Å². The van der Waals surface area contributed by atoms with Gasteiger partial charge in [-0.15, -0.1) is 0 Å². The summed E-state index contributed by atoms with van der Waals surface area (Å²) < 4.78 is 0. The Morgan fingerprint density at radius 3 is 2.17 bits per heavy atom. The number of carbonyl (C=O) groups is 1. The van der Waals surface area contributed by atoms with Gasteiger partial charge < -0.3 is 16.6 Å². The standard InChI is InChI=1S/C6H14N2O2.2Na.2H/c7-4-2-1-3-5(8)6(9)10;;;;/h5H,1-4,7-8H2,(H,9,10);;;;/t5-;;;;/m0..../s1. The van der Waals surface area contributed by atoms with E-state index in [9.17, 15) is 4.79 Å². The Kier molecular flexibility index (Phi) is 19.7. The Balaban J connectivity index is -0.000000405. The molecular weight excluding hydrogens is 178 g/mol. The van der Waals surface area contributed by atoms with Crippen molar-refractivity contribution in [3.63, 3.8) is 0 Å². The van der Waals surface area contributed by atoms with Crippen LogP contribution < -0.4 is 11.5 Å². The molecule has 0 aromatic rings. The van der Waals surface area contributed by atoms with E-state index in [-0.39, 0.29) is 59.1 Å². The van der Waals surface area contributed by atoms with E-state index < -0.39 is 12.0 Å². The molecule has 1 atom stereocenters. The van der Waals surface area contributed by atoms with E-state index >= 15 is 0 Å². The van der Waals surface area contributed by atoms with Gasteiger partial charge >= 0.3 is 65.1 Å². The van der Waals surface area contributed by atoms with Crippen molar-refractivity contribution in [2.75, 3.05) is 6.54 Å². The van der Waals surface area contributed by atoms with Gasteiger partial charge in [0.2, 0.25) is 0 Å². The maximum absolute atomic E-state index is 10.1. The van der Waals surface area contributed by atoms with Gasteiger partial charge in [0, 0.05) is 0 Å². The summed E-state index contributed by atoms with van der Waals surface area (Å²) in [5.74, 6) is -0.933. The van der Waals surface area contributed by atoms with Gasteiger partial charge in [-0.2, -0.15) is 0 Å². The second-order valence-corrected chi connectivity index (χ2v) is 2.23.